The van der Waals surface area contributed by atoms with Gasteiger partial charge in [-0.3, -0.25) is 0 Å². The second kappa shape index (κ2) is 7.01. The largest absolute Gasteiger partial charge is 0.493 e. The Balaban J connectivity index is 2.33. The van der Waals surface area contributed by atoms with Crippen molar-refractivity contribution in [1.29, 1.82) is 0 Å². The Morgan fingerprint density at radius 1 is 1.00 bits per heavy atom. The molecular weight excluding hydrogens is 272 g/mol. The third-order valence-electron chi connectivity index (χ3n) is 2.90. The molecule has 0 radical (unpaired) electrons. The molecule has 1 aromatic rings. The monoisotopic (exact) mass is 290 g/mol. The maximum Gasteiger partial charge on any atom is 0.203 e. The Kier molecular flexibility index (Phi) is 5.07. The smallest absolute Gasteiger partial charge is 0.203 e. The molecule has 0 saturated heterocycles. The van der Waals surface area contributed by atoms with Crippen molar-refractivity contribution in [2.75, 3.05) is 21.3 Å². The van der Waals surface area contributed by atoms with Gasteiger partial charge in [0.2, 0.25) is 5.75 Å². The van der Waals surface area contributed by atoms with Gasteiger partial charge in [0.1, 0.15) is 0 Å². The van der Waals surface area contributed by atoms with Gasteiger partial charge in [0.15, 0.2) is 11.5 Å². The summed E-state index contributed by atoms with van der Waals surface area (Å²) < 4.78 is 16.0. The summed E-state index contributed by atoms with van der Waals surface area (Å²) in [6.07, 6.45) is 9.36. The summed E-state index contributed by atoms with van der Waals surface area (Å²) in [5, 5.41) is 2.08. The number of allylic oxidation sites excluding steroid dienone is 3. The fourth-order valence-electron chi connectivity index (χ4n) is 1.91. The van der Waals surface area contributed by atoms with Crippen LogP contribution in [0, 0.1) is 0 Å². The first-order chi connectivity index (χ1) is 9.78. The van der Waals surface area contributed by atoms with E-state index in [2.05, 4.69) is 29.7 Å². The van der Waals surface area contributed by atoms with Gasteiger partial charge in [-0.1, -0.05) is 18.2 Å². The lowest BCUT2D eigenvalue weighted by molar-refractivity contribution is 0.324. The van der Waals surface area contributed by atoms with Crippen molar-refractivity contribution in [3.63, 3.8) is 0 Å². The van der Waals surface area contributed by atoms with E-state index in [-0.39, 0.29) is 0 Å². The molecule has 0 aliphatic carbocycles. The van der Waals surface area contributed by atoms with Gasteiger partial charge in [-0.2, -0.15) is 0 Å². The topological polar surface area (TPSA) is 27.7 Å². The molecule has 2 rings (SSSR count). The molecule has 0 aromatic heterocycles. The normalized spacial score (nSPS) is 13.8. The SMILES string of the molecule is COc1cc(/C=C/C2=S=CC=CC2)cc(OC)c1OC. The third kappa shape index (κ3) is 3.33. The summed E-state index contributed by atoms with van der Waals surface area (Å²) in [5.41, 5.74) is 1.02. The van der Waals surface area contributed by atoms with E-state index in [4.69, 9.17) is 14.2 Å². The molecular formula is C16H18O3S. The Hall–Kier alpha value is -1.94. The Labute approximate surface area is 123 Å². The number of rotatable bonds is 5. The van der Waals surface area contributed by atoms with E-state index in [1.165, 1.54) is 4.86 Å². The molecule has 0 fully saturated rings. The molecule has 1 aliphatic heterocycles. The number of methoxy groups -OCH3 is 3. The van der Waals surface area contributed by atoms with Crippen molar-refractivity contribution in [3.8, 4) is 17.2 Å². The number of ether oxygens (including phenoxy) is 3. The van der Waals surface area contributed by atoms with E-state index in [0.717, 1.165) is 12.0 Å². The van der Waals surface area contributed by atoms with Gasteiger partial charge >= 0.3 is 0 Å². The minimum Gasteiger partial charge on any atom is -0.493 e. The molecule has 106 valence electrons. The quantitative estimate of drug-likeness (QED) is 0.614. The summed E-state index contributed by atoms with van der Waals surface area (Å²) in [4.78, 5) is 1.31. The van der Waals surface area contributed by atoms with Crippen LogP contribution in [-0.2, 0) is 0 Å². The first-order valence-corrected chi connectivity index (χ1v) is 7.15. The molecule has 0 saturated carbocycles. The molecule has 0 N–H and O–H groups in total. The third-order valence-corrected chi connectivity index (χ3v) is 3.80. The molecule has 1 aromatic carbocycles. The van der Waals surface area contributed by atoms with Crippen LogP contribution in [0.15, 0.2) is 30.4 Å². The van der Waals surface area contributed by atoms with Crippen LogP contribution < -0.4 is 14.2 Å². The van der Waals surface area contributed by atoms with Gasteiger partial charge in [-0.25, -0.2) is 0 Å². The summed E-state index contributed by atoms with van der Waals surface area (Å²) in [6.45, 7) is 0. The lowest BCUT2D eigenvalue weighted by Crippen LogP contribution is -1.96. The second-order valence-corrected chi connectivity index (χ2v) is 5.18. The Morgan fingerprint density at radius 2 is 1.70 bits per heavy atom. The maximum absolute atomic E-state index is 5.34. The molecule has 0 spiro atoms. The molecule has 0 atom stereocenters. The molecule has 4 heteroatoms. The van der Waals surface area contributed by atoms with Gasteiger partial charge in [-0.15, -0.1) is 10.9 Å². The molecule has 3 nitrogen and oxygen atoms in total. The van der Waals surface area contributed by atoms with E-state index < -0.39 is 0 Å². The van der Waals surface area contributed by atoms with Crippen LogP contribution in [0.1, 0.15) is 12.0 Å². The van der Waals surface area contributed by atoms with Gasteiger partial charge in [0, 0.05) is 11.3 Å². The minimum absolute atomic E-state index is 0.614. The van der Waals surface area contributed by atoms with Crippen molar-refractivity contribution < 1.29 is 14.2 Å². The van der Waals surface area contributed by atoms with E-state index in [1.54, 1.807) is 32.3 Å². The summed E-state index contributed by atoms with van der Waals surface area (Å²) in [7, 11) is 6.59. The van der Waals surface area contributed by atoms with E-state index >= 15 is 0 Å². The lowest BCUT2D eigenvalue weighted by atomic mass is 10.1. The molecule has 20 heavy (non-hydrogen) atoms. The zero-order chi connectivity index (χ0) is 14.4. The van der Waals surface area contributed by atoms with Crippen molar-refractivity contribution >= 4 is 27.2 Å². The van der Waals surface area contributed by atoms with Gasteiger partial charge < -0.3 is 14.2 Å². The van der Waals surface area contributed by atoms with E-state index in [9.17, 15) is 0 Å². The van der Waals surface area contributed by atoms with Gasteiger partial charge in [0.05, 0.1) is 21.3 Å². The molecule has 0 amide bonds. The van der Waals surface area contributed by atoms with E-state index in [1.807, 2.05) is 12.1 Å². The van der Waals surface area contributed by atoms with E-state index in [0.29, 0.717) is 17.2 Å². The van der Waals surface area contributed by atoms with Crippen LogP contribution in [-0.4, -0.2) is 31.6 Å². The summed E-state index contributed by atoms with van der Waals surface area (Å²) in [5.74, 6) is 1.95. The van der Waals surface area contributed by atoms with Crippen molar-refractivity contribution in [1.82, 2.24) is 0 Å². The highest BCUT2D eigenvalue weighted by Gasteiger charge is 2.11. The Morgan fingerprint density at radius 3 is 2.20 bits per heavy atom. The fraction of sp³-hybridized carbons (Fsp3) is 0.250. The van der Waals surface area contributed by atoms with Crippen molar-refractivity contribution in [2.45, 2.75) is 6.42 Å². The number of hydrogen-bond donors (Lipinski definition) is 0. The molecule has 0 bridgehead atoms. The van der Waals surface area contributed by atoms with Crippen LogP contribution in [0.3, 0.4) is 0 Å². The van der Waals surface area contributed by atoms with Crippen LogP contribution in [0.5, 0.6) is 17.2 Å². The zero-order valence-corrected chi connectivity index (χ0v) is 12.7. The number of benzene rings is 1. The van der Waals surface area contributed by atoms with Crippen molar-refractivity contribution in [2.24, 2.45) is 0 Å². The molecule has 0 unspecified atom stereocenters. The van der Waals surface area contributed by atoms with Crippen molar-refractivity contribution in [3.05, 3.63) is 35.9 Å². The zero-order valence-electron chi connectivity index (χ0n) is 11.9. The average molecular weight is 290 g/mol. The van der Waals surface area contributed by atoms with Gasteiger partial charge in [-0.05, 0) is 29.1 Å². The maximum atomic E-state index is 5.34. The minimum atomic E-state index is 0.614. The Bertz CT molecular complexity index is 583. The summed E-state index contributed by atoms with van der Waals surface area (Å²) >= 11 is 0. The highest BCUT2D eigenvalue weighted by Crippen LogP contribution is 2.38. The predicted octanol–water partition coefficient (Wildman–Crippen LogP) is 3.39. The van der Waals surface area contributed by atoms with Crippen LogP contribution in [0.2, 0.25) is 0 Å². The highest BCUT2D eigenvalue weighted by molar-refractivity contribution is 7.97. The second-order valence-electron chi connectivity index (χ2n) is 4.14. The van der Waals surface area contributed by atoms with Crippen LogP contribution in [0.4, 0.5) is 0 Å². The fourth-order valence-corrected chi connectivity index (χ4v) is 2.61. The molecule has 1 heterocycles. The first kappa shape index (κ1) is 14.5. The standard InChI is InChI=1S/C16H18O3S/c1-17-14-10-12(11-15(18-2)16(14)19-3)7-8-13-6-4-5-9-20-13/h4-5,7-11H,6H2,1-3H3/b8-7+. The average Bonchev–Trinajstić information content (AvgIpc) is 2.52. The molecule has 1 aliphatic rings. The van der Waals surface area contributed by atoms with Crippen LogP contribution >= 0.6 is 10.9 Å². The highest BCUT2D eigenvalue weighted by atomic mass is 32.1. The first-order valence-electron chi connectivity index (χ1n) is 6.27. The van der Waals surface area contributed by atoms with Gasteiger partial charge in [0.25, 0.3) is 0 Å². The lowest BCUT2D eigenvalue weighted by Gasteiger charge is -2.12. The van der Waals surface area contributed by atoms with Crippen LogP contribution in [0.25, 0.3) is 6.08 Å². The summed E-state index contributed by atoms with van der Waals surface area (Å²) in [6, 6.07) is 3.87. The predicted molar refractivity (Wildman–Crippen MR) is 87.6 cm³/mol. The number of hydrogen-bond acceptors (Lipinski definition) is 3.